The lowest BCUT2D eigenvalue weighted by Crippen LogP contribution is -1.94. The van der Waals surface area contributed by atoms with Gasteiger partial charge >= 0.3 is 0 Å². The van der Waals surface area contributed by atoms with Crippen LogP contribution in [-0.2, 0) is 7.05 Å². The number of hydrogen-bond donors (Lipinski definition) is 0. The molecule has 0 saturated heterocycles. The number of fused-ring (bicyclic) bond motifs is 1. The normalized spacial score (nSPS) is 13.8. The molecule has 1 aromatic heterocycles. The Labute approximate surface area is 201 Å². The Morgan fingerprint density at radius 2 is 1.09 bits per heavy atom. The van der Waals surface area contributed by atoms with Crippen molar-refractivity contribution >= 4 is 33.2 Å². The first-order chi connectivity index (χ1) is 16.7. The molecule has 0 saturated carbocycles. The number of rotatable bonds is 4. The third kappa shape index (κ3) is 3.33. The standard InChI is InChI=1S/C33H27N/c1-23-13-9-10-18-26(23)32-28(24-14-5-3-6-15-24)21-29(25-16-7-4-8-17-25)33(32)30-22-34(2)31-20-12-11-19-27(30)31/h3-20,22H,21H2,1-2H3. The van der Waals surface area contributed by atoms with Gasteiger partial charge in [0, 0.05) is 29.7 Å². The van der Waals surface area contributed by atoms with Gasteiger partial charge in [0.05, 0.1) is 0 Å². The van der Waals surface area contributed by atoms with E-state index in [9.17, 15) is 0 Å². The molecule has 0 aliphatic heterocycles. The first kappa shape index (κ1) is 20.5. The van der Waals surface area contributed by atoms with Gasteiger partial charge in [0.1, 0.15) is 0 Å². The number of aryl methyl sites for hydroxylation is 2. The molecule has 1 heteroatoms. The molecular formula is C33H27N. The van der Waals surface area contributed by atoms with E-state index in [0.29, 0.717) is 0 Å². The average molecular weight is 438 g/mol. The monoisotopic (exact) mass is 437 g/mol. The zero-order chi connectivity index (χ0) is 23.1. The lowest BCUT2D eigenvalue weighted by Gasteiger charge is -2.16. The molecule has 6 rings (SSSR count). The topological polar surface area (TPSA) is 4.93 Å². The summed E-state index contributed by atoms with van der Waals surface area (Å²) >= 11 is 0. The zero-order valence-electron chi connectivity index (χ0n) is 19.6. The second kappa shape index (κ2) is 8.35. The molecule has 34 heavy (non-hydrogen) atoms. The molecule has 1 aliphatic carbocycles. The van der Waals surface area contributed by atoms with Gasteiger partial charge < -0.3 is 4.57 Å². The van der Waals surface area contributed by atoms with E-state index in [0.717, 1.165) is 6.42 Å². The summed E-state index contributed by atoms with van der Waals surface area (Å²) in [6.07, 6.45) is 3.23. The Kier molecular flexibility index (Phi) is 5.04. The van der Waals surface area contributed by atoms with Crippen molar-refractivity contribution < 1.29 is 0 Å². The van der Waals surface area contributed by atoms with Crippen molar-refractivity contribution in [2.75, 3.05) is 0 Å². The van der Waals surface area contributed by atoms with Crippen molar-refractivity contribution in [1.82, 2.24) is 4.57 Å². The highest BCUT2D eigenvalue weighted by Crippen LogP contribution is 2.53. The maximum Gasteiger partial charge on any atom is 0.0484 e. The fourth-order valence-corrected chi connectivity index (χ4v) is 5.42. The Bertz CT molecular complexity index is 1560. The molecule has 164 valence electrons. The van der Waals surface area contributed by atoms with Crippen LogP contribution in [0.5, 0.6) is 0 Å². The van der Waals surface area contributed by atoms with Gasteiger partial charge in [0.15, 0.2) is 0 Å². The summed E-state index contributed by atoms with van der Waals surface area (Å²) in [4.78, 5) is 0. The first-order valence-corrected chi connectivity index (χ1v) is 11.9. The molecule has 0 amide bonds. The van der Waals surface area contributed by atoms with Crippen molar-refractivity contribution in [1.29, 1.82) is 0 Å². The molecule has 0 spiro atoms. The van der Waals surface area contributed by atoms with E-state index in [4.69, 9.17) is 0 Å². The maximum absolute atomic E-state index is 2.31. The third-order valence-corrected chi connectivity index (χ3v) is 7.03. The van der Waals surface area contributed by atoms with E-state index in [1.165, 1.54) is 61.0 Å². The molecule has 0 bridgehead atoms. The van der Waals surface area contributed by atoms with Crippen LogP contribution < -0.4 is 0 Å². The molecule has 0 radical (unpaired) electrons. The lowest BCUT2D eigenvalue weighted by atomic mass is 9.87. The van der Waals surface area contributed by atoms with Crippen molar-refractivity contribution in [2.45, 2.75) is 13.3 Å². The van der Waals surface area contributed by atoms with Crippen molar-refractivity contribution in [3.05, 3.63) is 143 Å². The minimum atomic E-state index is 0.913. The SMILES string of the molecule is Cc1ccccc1C1=C(c2ccccc2)CC(c2ccccc2)=C1c1cn(C)c2ccccc12. The highest BCUT2D eigenvalue weighted by molar-refractivity contribution is 6.29. The highest BCUT2D eigenvalue weighted by atomic mass is 14.9. The van der Waals surface area contributed by atoms with Crippen LogP contribution in [0, 0.1) is 6.92 Å². The van der Waals surface area contributed by atoms with Crippen LogP contribution in [0.25, 0.3) is 33.2 Å². The Morgan fingerprint density at radius 1 is 0.559 bits per heavy atom. The molecule has 0 unspecified atom stereocenters. The fraction of sp³-hybridized carbons (Fsp3) is 0.0909. The summed E-state index contributed by atoms with van der Waals surface area (Å²) in [5.74, 6) is 0. The van der Waals surface area contributed by atoms with E-state index < -0.39 is 0 Å². The van der Waals surface area contributed by atoms with Crippen LogP contribution in [0.1, 0.15) is 34.2 Å². The van der Waals surface area contributed by atoms with Crippen LogP contribution in [0.15, 0.2) is 115 Å². The summed E-state index contributed by atoms with van der Waals surface area (Å²) < 4.78 is 2.26. The van der Waals surface area contributed by atoms with E-state index >= 15 is 0 Å². The summed E-state index contributed by atoms with van der Waals surface area (Å²) in [6.45, 7) is 2.23. The molecule has 1 nitrogen and oxygen atoms in total. The van der Waals surface area contributed by atoms with Crippen LogP contribution in [0.4, 0.5) is 0 Å². The van der Waals surface area contributed by atoms with Gasteiger partial charge in [-0.2, -0.15) is 0 Å². The molecule has 4 aromatic carbocycles. The molecule has 0 atom stereocenters. The van der Waals surface area contributed by atoms with E-state index in [-0.39, 0.29) is 0 Å². The molecule has 1 aliphatic rings. The highest BCUT2D eigenvalue weighted by Gasteiger charge is 2.30. The largest absolute Gasteiger partial charge is 0.350 e. The predicted molar refractivity (Wildman–Crippen MR) is 145 cm³/mol. The predicted octanol–water partition coefficient (Wildman–Crippen LogP) is 8.41. The summed E-state index contributed by atoms with van der Waals surface area (Å²) in [7, 11) is 2.15. The number of hydrogen-bond acceptors (Lipinski definition) is 0. The minimum Gasteiger partial charge on any atom is -0.350 e. The van der Waals surface area contributed by atoms with E-state index in [2.05, 4.69) is 134 Å². The molecule has 0 fully saturated rings. The number of nitrogens with zero attached hydrogens (tertiary/aromatic N) is 1. The number of allylic oxidation sites excluding steroid dienone is 4. The van der Waals surface area contributed by atoms with Crippen LogP contribution >= 0.6 is 0 Å². The molecule has 5 aromatic rings. The summed E-state index contributed by atoms with van der Waals surface area (Å²) in [5.41, 5.74) is 13.3. The van der Waals surface area contributed by atoms with E-state index in [1.54, 1.807) is 0 Å². The number of aromatic nitrogens is 1. The Balaban J connectivity index is 1.73. The van der Waals surface area contributed by atoms with Crippen LogP contribution in [-0.4, -0.2) is 4.57 Å². The van der Waals surface area contributed by atoms with Gasteiger partial charge in [-0.15, -0.1) is 0 Å². The van der Waals surface area contributed by atoms with Gasteiger partial charge in [0.25, 0.3) is 0 Å². The number of benzene rings is 4. The van der Waals surface area contributed by atoms with Crippen molar-refractivity contribution in [3.8, 4) is 0 Å². The average Bonchev–Trinajstić information content (AvgIpc) is 3.44. The van der Waals surface area contributed by atoms with Crippen LogP contribution in [0.2, 0.25) is 0 Å². The second-order valence-electron chi connectivity index (χ2n) is 9.10. The Hall–Kier alpha value is -4.10. The zero-order valence-corrected chi connectivity index (χ0v) is 19.6. The van der Waals surface area contributed by atoms with E-state index in [1.807, 2.05) is 0 Å². The lowest BCUT2D eigenvalue weighted by molar-refractivity contribution is 0.967. The summed E-state index contributed by atoms with van der Waals surface area (Å²) in [5, 5.41) is 1.30. The van der Waals surface area contributed by atoms with Gasteiger partial charge in [-0.25, -0.2) is 0 Å². The molecule has 0 N–H and O–H groups in total. The summed E-state index contributed by atoms with van der Waals surface area (Å²) in [6, 6.07) is 39.4. The fourth-order valence-electron chi connectivity index (χ4n) is 5.42. The quantitative estimate of drug-likeness (QED) is 0.266. The minimum absolute atomic E-state index is 0.913. The van der Waals surface area contributed by atoms with Crippen molar-refractivity contribution in [2.24, 2.45) is 7.05 Å². The van der Waals surface area contributed by atoms with Gasteiger partial charge in [-0.3, -0.25) is 0 Å². The maximum atomic E-state index is 2.31. The second-order valence-corrected chi connectivity index (χ2v) is 9.10. The smallest absolute Gasteiger partial charge is 0.0484 e. The first-order valence-electron chi connectivity index (χ1n) is 11.9. The van der Waals surface area contributed by atoms with Gasteiger partial charge in [-0.1, -0.05) is 103 Å². The third-order valence-electron chi connectivity index (χ3n) is 7.03. The van der Waals surface area contributed by atoms with Gasteiger partial charge in [-0.05, 0) is 64.0 Å². The molecular weight excluding hydrogens is 410 g/mol. The number of para-hydroxylation sites is 1. The van der Waals surface area contributed by atoms with Gasteiger partial charge in [0.2, 0.25) is 0 Å². The van der Waals surface area contributed by atoms with Crippen molar-refractivity contribution in [3.63, 3.8) is 0 Å². The molecule has 1 heterocycles. The Morgan fingerprint density at radius 3 is 1.74 bits per heavy atom. The van der Waals surface area contributed by atoms with Crippen LogP contribution in [0.3, 0.4) is 0 Å².